The van der Waals surface area contributed by atoms with E-state index in [4.69, 9.17) is 11.6 Å². The van der Waals surface area contributed by atoms with E-state index in [1.54, 1.807) is 0 Å². The van der Waals surface area contributed by atoms with Crippen LogP contribution in [0.3, 0.4) is 0 Å². The van der Waals surface area contributed by atoms with Crippen molar-refractivity contribution in [3.8, 4) is 0 Å². The van der Waals surface area contributed by atoms with Crippen molar-refractivity contribution in [3.63, 3.8) is 0 Å². The third kappa shape index (κ3) is 2.94. The first kappa shape index (κ1) is 18.9. The van der Waals surface area contributed by atoms with Crippen molar-refractivity contribution in [3.05, 3.63) is 119 Å². The molecule has 1 aliphatic heterocycles. The van der Waals surface area contributed by atoms with Crippen LogP contribution < -0.4 is 10.2 Å². The number of carbonyl (C=O) groups is 1. The highest BCUT2D eigenvalue weighted by Crippen LogP contribution is 2.42. The minimum atomic E-state index is -0.380. The number of para-hydroxylation sites is 1. The van der Waals surface area contributed by atoms with Crippen molar-refractivity contribution in [2.45, 2.75) is 6.17 Å². The van der Waals surface area contributed by atoms with E-state index in [9.17, 15) is 4.79 Å². The molecule has 1 unspecified atom stereocenters. The van der Waals surface area contributed by atoms with Gasteiger partial charge in [0.1, 0.15) is 6.17 Å². The standard InChI is InChI=1S/C28H19ClN2O/c29-20-13-15-21(16-14-20)31-27(30-25-12-6-5-11-24(25)28(31)32)26-22-9-3-1-7-18(22)17-19-8-2-4-10-23(19)26/h1-17,27,30H. The Morgan fingerprint density at radius 2 is 1.31 bits per heavy atom. The van der Waals surface area contributed by atoms with Gasteiger partial charge in [-0.3, -0.25) is 9.69 Å². The summed E-state index contributed by atoms with van der Waals surface area (Å²) in [5, 5.41) is 8.83. The summed E-state index contributed by atoms with van der Waals surface area (Å²) in [5.41, 5.74) is 3.37. The zero-order valence-corrected chi connectivity index (χ0v) is 17.9. The minimum Gasteiger partial charge on any atom is -0.360 e. The van der Waals surface area contributed by atoms with Gasteiger partial charge in [0.25, 0.3) is 5.91 Å². The molecule has 0 radical (unpaired) electrons. The maximum absolute atomic E-state index is 13.8. The molecule has 0 aromatic heterocycles. The van der Waals surface area contributed by atoms with E-state index in [0.29, 0.717) is 10.6 Å². The number of amides is 1. The van der Waals surface area contributed by atoms with Gasteiger partial charge < -0.3 is 5.32 Å². The molecule has 0 bridgehead atoms. The Labute approximate surface area is 190 Å². The van der Waals surface area contributed by atoms with Crippen molar-refractivity contribution in [1.82, 2.24) is 0 Å². The molecule has 1 N–H and O–H groups in total. The number of benzene rings is 5. The average Bonchev–Trinajstić information content (AvgIpc) is 2.83. The number of carbonyl (C=O) groups excluding carboxylic acids is 1. The molecule has 5 aromatic carbocycles. The highest BCUT2D eigenvalue weighted by Gasteiger charge is 2.35. The monoisotopic (exact) mass is 434 g/mol. The lowest BCUT2D eigenvalue weighted by atomic mass is 9.92. The zero-order valence-electron chi connectivity index (χ0n) is 17.1. The first-order chi connectivity index (χ1) is 15.7. The van der Waals surface area contributed by atoms with E-state index in [0.717, 1.165) is 38.5 Å². The molecular formula is C28H19ClN2O. The molecule has 154 valence electrons. The molecular weight excluding hydrogens is 416 g/mol. The van der Waals surface area contributed by atoms with Crippen LogP contribution in [-0.2, 0) is 0 Å². The van der Waals surface area contributed by atoms with Gasteiger partial charge in [0.15, 0.2) is 0 Å². The van der Waals surface area contributed by atoms with Gasteiger partial charge in [-0.2, -0.15) is 0 Å². The maximum atomic E-state index is 13.8. The molecule has 32 heavy (non-hydrogen) atoms. The number of rotatable bonds is 2. The summed E-state index contributed by atoms with van der Waals surface area (Å²) in [6, 6.07) is 34.0. The summed E-state index contributed by atoms with van der Waals surface area (Å²) in [5.74, 6) is -0.0383. The molecule has 0 aliphatic carbocycles. The zero-order chi connectivity index (χ0) is 21.7. The van der Waals surface area contributed by atoms with Gasteiger partial charge in [-0.1, -0.05) is 72.3 Å². The molecule has 6 rings (SSSR count). The van der Waals surface area contributed by atoms with Gasteiger partial charge in [-0.15, -0.1) is 0 Å². The second-order valence-corrected chi connectivity index (χ2v) is 8.41. The average molecular weight is 435 g/mol. The van der Waals surface area contributed by atoms with Crippen LogP contribution in [-0.4, -0.2) is 5.91 Å². The second-order valence-electron chi connectivity index (χ2n) is 7.98. The Kier molecular flexibility index (Phi) is 4.37. The Morgan fingerprint density at radius 3 is 2.00 bits per heavy atom. The van der Waals surface area contributed by atoms with Crippen molar-refractivity contribution in [1.29, 1.82) is 0 Å². The van der Waals surface area contributed by atoms with Gasteiger partial charge in [0, 0.05) is 22.0 Å². The van der Waals surface area contributed by atoms with E-state index >= 15 is 0 Å². The Balaban J connectivity index is 1.67. The van der Waals surface area contributed by atoms with Crippen molar-refractivity contribution >= 4 is 50.4 Å². The minimum absolute atomic E-state index is 0.0383. The fraction of sp³-hybridized carbons (Fsp3) is 0.0357. The van der Waals surface area contributed by atoms with E-state index in [1.807, 2.05) is 77.7 Å². The topological polar surface area (TPSA) is 32.3 Å². The van der Waals surface area contributed by atoms with Gasteiger partial charge in [0.2, 0.25) is 0 Å². The Hall–Kier alpha value is -3.82. The largest absolute Gasteiger partial charge is 0.360 e. The lowest BCUT2D eigenvalue weighted by molar-refractivity contribution is 0.0975. The van der Waals surface area contributed by atoms with E-state index in [2.05, 4.69) is 35.6 Å². The summed E-state index contributed by atoms with van der Waals surface area (Å²) in [7, 11) is 0. The van der Waals surface area contributed by atoms with E-state index < -0.39 is 0 Å². The molecule has 0 fully saturated rings. The molecule has 3 nitrogen and oxygen atoms in total. The summed E-state index contributed by atoms with van der Waals surface area (Å²) in [6.07, 6.45) is -0.380. The van der Waals surface area contributed by atoms with Crippen molar-refractivity contribution in [2.24, 2.45) is 0 Å². The van der Waals surface area contributed by atoms with E-state index in [1.165, 1.54) is 0 Å². The third-order valence-corrected chi connectivity index (χ3v) is 6.37. The summed E-state index contributed by atoms with van der Waals surface area (Å²) in [4.78, 5) is 15.7. The summed E-state index contributed by atoms with van der Waals surface area (Å²) < 4.78 is 0. The molecule has 4 heteroatoms. The second kappa shape index (κ2) is 7.40. The quantitative estimate of drug-likeness (QED) is 0.293. The SMILES string of the molecule is O=C1c2ccccc2NC(c2c3ccccc3cc3ccccc23)N1c1ccc(Cl)cc1. The van der Waals surface area contributed by atoms with Crippen LogP contribution in [0.5, 0.6) is 0 Å². The number of anilines is 2. The third-order valence-electron chi connectivity index (χ3n) is 6.12. The highest BCUT2D eigenvalue weighted by atomic mass is 35.5. The van der Waals surface area contributed by atoms with Crippen LogP contribution in [0, 0.1) is 0 Å². The Morgan fingerprint density at radius 1 is 0.719 bits per heavy atom. The fourth-order valence-corrected chi connectivity index (χ4v) is 4.79. The van der Waals surface area contributed by atoms with Crippen LogP contribution in [0.4, 0.5) is 11.4 Å². The lowest BCUT2D eigenvalue weighted by Gasteiger charge is -2.39. The number of hydrogen-bond donors (Lipinski definition) is 1. The van der Waals surface area contributed by atoms with Gasteiger partial charge in [-0.05, 0) is 64.0 Å². The van der Waals surface area contributed by atoms with Crippen LogP contribution in [0.25, 0.3) is 21.5 Å². The van der Waals surface area contributed by atoms with Crippen LogP contribution in [0.15, 0.2) is 103 Å². The van der Waals surface area contributed by atoms with Crippen LogP contribution in [0.2, 0.25) is 5.02 Å². The molecule has 0 saturated carbocycles. The van der Waals surface area contributed by atoms with Crippen LogP contribution >= 0.6 is 11.6 Å². The van der Waals surface area contributed by atoms with Gasteiger partial charge in [-0.25, -0.2) is 0 Å². The molecule has 1 heterocycles. The molecule has 1 aliphatic rings. The highest BCUT2D eigenvalue weighted by molar-refractivity contribution is 6.30. The number of nitrogens with one attached hydrogen (secondary N) is 1. The number of hydrogen-bond acceptors (Lipinski definition) is 2. The maximum Gasteiger partial charge on any atom is 0.262 e. The fourth-order valence-electron chi connectivity index (χ4n) is 4.67. The van der Waals surface area contributed by atoms with Crippen molar-refractivity contribution in [2.75, 3.05) is 10.2 Å². The van der Waals surface area contributed by atoms with Crippen molar-refractivity contribution < 1.29 is 4.79 Å². The summed E-state index contributed by atoms with van der Waals surface area (Å²) in [6.45, 7) is 0. The molecule has 1 atom stereocenters. The molecule has 0 saturated heterocycles. The van der Waals surface area contributed by atoms with Gasteiger partial charge >= 0.3 is 0 Å². The number of fused-ring (bicyclic) bond motifs is 3. The molecule has 5 aromatic rings. The Bertz CT molecular complexity index is 1440. The molecule has 1 amide bonds. The van der Waals surface area contributed by atoms with Gasteiger partial charge in [0.05, 0.1) is 5.56 Å². The first-order valence-corrected chi connectivity index (χ1v) is 10.9. The number of halogens is 1. The normalized spacial score (nSPS) is 15.6. The predicted octanol–water partition coefficient (Wildman–Crippen LogP) is 7.42. The summed E-state index contributed by atoms with van der Waals surface area (Å²) >= 11 is 6.16. The predicted molar refractivity (Wildman–Crippen MR) is 133 cm³/mol. The smallest absolute Gasteiger partial charge is 0.262 e. The lowest BCUT2D eigenvalue weighted by Crippen LogP contribution is -2.43. The molecule has 0 spiro atoms. The van der Waals surface area contributed by atoms with E-state index in [-0.39, 0.29) is 12.1 Å². The van der Waals surface area contributed by atoms with Crippen LogP contribution in [0.1, 0.15) is 22.1 Å². The first-order valence-electron chi connectivity index (χ1n) is 10.6. The number of nitrogens with zero attached hydrogens (tertiary/aromatic N) is 1.